The Kier molecular flexibility index (Phi) is 8.47. The van der Waals surface area contributed by atoms with Gasteiger partial charge in [0.25, 0.3) is 0 Å². The largest absolute Gasteiger partial charge is 0.482 e. The van der Waals surface area contributed by atoms with Crippen molar-refractivity contribution in [2.24, 2.45) is 22.7 Å². The number of aliphatic hydroxyl groups is 1. The van der Waals surface area contributed by atoms with Crippen LogP contribution in [0.1, 0.15) is 81.5 Å². The fourth-order valence-corrected chi connectivity index (χ4v) is 8.72. The molecule has 11 nitrogen and oxygen atoms in total. The van der Waals surface area contributed by atoms with Crippen molar-refractivity contribution in [3.8, 4) is 17.1 Å². The summed E-state index contributed by atoms with van der Waals surface area (Å²) in [6.45, 7) is 10.2. The van der Waals surface area contributed by atoms with Crippen molar-refractivity contribution in [3.63, 3.8) is 0 Å². The maximum atomic E-state index is 13.7. The number of pyridine rings is 1. The third kappa shape index (κ3) is 5.57. The number of benzene rings is 1. The van der Waals surface area contributed by atoms with Crippen molar-refractivity contribution in [3.05, 3.63) is 82.0 Å². The molecule has 0 bridgehead atoms. The first-order valence-corrected chi connectivity index (χ1v) is 16.2. The van der Waals surface area contributed by atoms with Crippen LogP contribution in [0.25, 0.3) is 11.3 Å². The summed E-state index contributed by atoms with van der Waals surface area (Å²) >= 11 is 0. The molecule has 1 aromatic carbocycles. The van der Waals surface area contributed by atoms with Crippen LogP contribution in [0, 0.1) is 29.6 Å². The molecule has 1 aliphatic heterocycles. The second kappa shape index (κ2) is 12.2. The zero-order valence-electron chi connectivity index (χ0n) is 28.0. The van der Waals surface area contributed by atoms with E-state index in [-0.39, 0.29) is 30.1 Å². The van der Waals surface area contributed by atoms with Crippen LogP contribution in [-0.4, -0.2) is 52.4 Å². The molecule has 254 valence electrons. The lowest BCUT2D eigenvalue weighted by molar-refractivity contribution is -0.266. The van der Waals surface area contributed by atoms with Gasteiger partial charge in [-0.3, -0.25) is 14.6 Å². The predicted octanol–water partition coefficient (Wildman–Crippen LogP) is 5.36. The van der Waals surface area contributed by atoms with Crippen LogP contribution in [0.4, 0.5) is 0 Å². The molecule has 8 atom stereocenters. The Hall–Kier alpha value is -4.51. The SMILES string of the molecule is CC(=O)OC[C@@]1(C)C2C[C@H](OC(=O)c3ccc(C)cc3)[C@@]3(C)Oc4cc(-c5cccnc5)oc(=O)c4[C@H](O)C3[C@@]2(C)CC[C@@H]1OC(C)=O. The van der Waals surface area contributed by atoms with Gasteiger partial charge in [-0.1, -0.05) is 31.5 Å². The maximum absolute atomic E-state index is 13.7. The lowest BCUT2D eigenvalue weighted by Crippen LogP contribution is -2.71. The Bertz CT molecular complexity index is 1790. The van der Waals surface area contributed by atoms with Crippen LogP contribution >= 0.6 is 0 Å². The molecule has 3 aliphatic rings. The number of aromatic nitrogens is 1. The summed E-state index contributed by atoms with van der Waals surface area (Å²) in [6.07, 6.45) is 1.30. The van der Waals surface area contributed by atoms with E-state index in [1.165, 1.54) is 13.8 Å². The molecule has 11 heteroatoms. The Balaban J connectivity index is 1.50. The molecule has 6 rings (SSSR count). The van der Waals surface area contributed by atoms with Crippen LogP contribution in [0.2, 0.25) is 0 Å². The van der Waals surface area contributed by atoms with E-state index in [0.29, 0.717) is 24.0 Å². The number of rotatable bonds is 6. The number of ether oxygens (including phenoxy) is 4. The number of esters is 3. The molecule has 2 unspecified atom stereocenters. The van der Waals surface area contributed by atoms with Crippen LogP contribution in [0.15, 0.2) is 64.1 Å². The van der Waals surface area contributed by atoms with Crippen molar-refractivity contribution in [2.45, 2.75) is 84.7 Å². The molecule has 1 N–H and O–H groups in total. The van der Waals surface area contributed by atoms with Crippen molar-refractivity contribution in [1.82, 2.24) is 4.98 Å². The number of nitrogens with zero attached hydrogens (tertiary/aromatic N) is 1. The molecule has 2 saturated carbocycles. The number of carbonyl (C=O) groups excluding carboxylic acids is 3. The molecule has 2 fully saturated rings. The topological polar surface area (TPSA) is 151 Å². The lowest BCUT2D eigenvalue weighted by Gasteiger charge is -2.66. The predicted molar refractivity (Wildman–Crippen MR) is 172 cm³/mol. The smallest absolute Gasteiger partial charge is 0.345 e. The summed E-state index contributed by atoms with van der Waals surface area (Å²) in [5.74, 6) is -2.43. The minimum Gasteiger partial charge on any atom is -0.482 e. The van der Waals surface area contributed by atoms with Crippen molar-refractivity contribution >= 4 is 17.9 Å². The zero-order chi connectivity index (χ0) is 34.6. The summed E-state index contributed by atoms with van der Waals surface area (Å²) < 4.78 is 30.3. The van der Waals surface area contributed by atoms with Crippen LogP contribution in [-0.2, 0) is 23.8 Å². The Morgan fingerprint density at radius 1 is 1.02 bits per heavy atom. The van der Waals surface area contributed by atoms with E-state index in [0.717, 1.165) is 5.56 Å². The van der Waals surface area contributed by atoms with Crippen LogP contribution < -0.4 is 10.4 Å². The van der Waals surface area contributed by atoms with Crippen molar-refractivity contribution in [2.75, 3.05) is 6.61 Å². The second-order valence-corrected chi connectivity index (χ2v) is 14.1. The van der Waals surface area contributed by atoms with E-state index in [9.17, 15) is 24.3 Å². The molecule has 0 saturated heterocycles. The van der Waals surface area contributed by atoms with E-state index in [1.54, 1.807) is 49.6 Å². The molecule has 48 heavy (non-hydrogen) atoms. The minimum atomic E-state index is -1.38. The van der Waals surface area contributed by atoms with Crippen molar-refractivity contribution < 1.29 is 42.9 Å². The molecule has 2 aliphatic carbocycles. The van der Waals surface area contributed by atoms with Gasteiger partial charge in [0.05, 0.1) is 11.7 Å². The average Bonchev–Trinajstić information content (AvgIpc) is 3.02. The standard InChI is InChI=1S/C37H41NO10/c1-20-9-11-23(12-10-20)33(42)47-29-17-27-35(4,14-13-28(45-22(3)40)36(27,5)19-44-21(2)39)32-31(41)30-26(48-37(29,32)6)16-25(46-34(30)43)24-8-7-15-38-18-24/h7-12,15-16,18,27-29,31-32,41H,13-14,17,19H2,1-6H3/t27?,28-,29-,31-,32?,35-,36-,37+/m0/s1. The van der Waals surface area contributed by atoms with E-state index in [1.807, 2.05) is 32.9 Å². The normalized spacial score (nSPS) is 32.0. The fraction of sp³-hybridized carbons (Fsp3) is 0.486. The molecular formula is C37H41NO10. The van der Waals surface area contributed by atoms with Gasteiger partial charge < -0.3 is 28.5 Å². The van der Waals surface area contributed by atoms with E-state index < -0.39 is 70.1 Å². The minimum absolute atomic E-state index is 0.0283. The van der Waals surface area contributed by atoms with E-state index in [4.69, 9.17) is 23.4 Å². The summed E-state index contributed by atoms with van der Waals surface area (Å²) in [4.78, 5) is 55.9. The van der Waals surface area contributed by atoms with Crippen LogP contribution in [0.3, 0.4) is 0 Å². The van der Waals surface area contributed by atoms with Gasteiger partial charge >= 0.3 is 23.5 Å². The Morgan fingerprint density at radius 3 is 2.40 bits per heavy atom. The number of hydrogen-bond acceptors (Lipinski definition) is 11. The lowest BCUT2D eigenvalue weighted by atomic mass is 9.42. The summed E-state index contributed by atoms with van der Waals surface area (Å²) in [5, 5.41) is 12.3. The van der Waals surface area contributed by atoms with Gasteiger partial charge in [-0.05, 0) is 68.7 Å². The average molecular weight is 660 g/mol. The molecule has 3 heterocycles. The number of hydrogen-bond donors (Lipinski definition) is 1. The van der Waals surface area contributed by atoms with Gasteiger partial charge in [0, 0.05) is 49.2 Å². The Morgan fingerprint density at radius 2 is 1.75 bits per heavy atom. The molecular weight excluding hydrogens is 618 g/mol. The summed E-state index contributed by atoms with van der Waals surface area (Å²) in [5.41, 5.74) is -1.97. The quantitative estimate of drug-likeness (QED) is 0.269. The Labute approximate surface area is 278 Å². The van der Waals surface area contributed by atoms with E-state index >= 15 is 0 Å². The van der Waals surface area contributed by atoms with Gasteiger partial charge in [-0.15, -0.1) is 0 Å². The molecule has 0 radical (unpaired) electrons. The number of fused-ring (bicyclic) bond motifs is 4. The molecule has 0 amide bonds. The van der Waals surface area contributed by atoms with Gasteiger partial charge in [-0.2, -0.15) is 0 Å². The first-order valence-electron chi connectivity index (χ1n) is 16.2. The third-order valence-corrected chi connectivity index (χ3v) is 11.0. The van der Waals surface area contributed by atoms with Gasteiger partial charge in [-0.25, -0.2) is 9.59 Å². The number of carbonyl (C=O) groups is 3. The molecule has 3 aromatic rings. The highest BCUT2D eigenvalue weighted by Gasteiger charge is 2.71. The number of aryl methyl sites for hydroxylation is 1. The highest BCUT2D eigenvalue weighted by Crippen LogP contribution is 2.67. The monoisotopic (exact) mass is 659 g/mol. The van der Waals surface area contributed by atoms with Gasteiger partial charge in [0.2, 0.25) is 0 Å². The third-order valence-electron chi connectivity index (χ3n) is 11.0. The highest BCUT2D eigenvalue weighted by atomic mass is 16.6. The second-order valence-electron chi connectivity index (χ2n) is 14.1. The fourth-order valence-electron chi connectivity index (χ4n) is 8.72. The van der Waals surface area contributed by atoms with Gasteiger partial charge in [0.1, 0.15) is 41.5 Å². The number of aliphatic hydroxyl groups excluding tert-OH is 1. The first kappa shape index (κ1) is 33.4. The van der Waals surface area contributed by atoms with Crippen LogP contribution in [0.5, 0.6) is 5.75 Å². The summed E-state index contributed by atoms with van der Waals surface area (Å²) in [7, 11) is 0. The van der Waals surface area contributed by atoms with Crippen molar-refractivity contribution in [1.29, 1.82) is 0 Å². The zero-order valence-corrected chi connectivity index (χ0v) is 28.0. The molecule has 2 aromatic heterocycles. The highest BCUT2D eigenvalue weighted by molar-refractivity contribution is 5.89. The maximum Gasteiger partial charge on any atom is 0.345 e. The summed E-state index contributed by atoms with van der Waals surface area (Å²) in [6, 6.07) is 12.0. The molecule has 0 spiro atoms. The first-order chi connectivity index (χ1) is 22.7. The van der Waals surface area contributed by atoms with Gasteiger partial charge in [0.15, 0.2) is 0 Å². The van der Waals surface area contributed by atoms with E-state index in [2.05, 4.69) is 4.98 Å².